The first-order valence-electron chi connectivity index (χ1n) is 10.9. The molecule has 5 nitrogen and oxygen atoms in total. The van der Waals surface area contributed by atoms with E-state index < -0.39 is 6.04 Å². The summed E-state index contributed by atoms with van der Waals surface area (Å²) in [5.41, 5.74) is 2.53. The van der Waals surface area contributed by atoms with Crippen LogP contribution >= 0.6 is 39.7 Å². The second kappa shape index (κ2) is 11.1. The van der Waals surface area contributed by atoms with Gasteiger partial charge in [0.25, 0.3) is 5.91 Å². The molecule has 1 saturated heterocycles. The lowest BCUT2D eigenvalue weighted by Crippen LogP contribution is -2.38. The average molecular weight is 557 g/mol. The minimum Gasteiger partial charge on any atom is -0.336 e. The highest BCUT2D eigenvalue weighted by molar-refractivity contribution is 9.10. The smallest absolute Gasteiger partial charge is 0.256 e. The van der Waals surface area contributed by atoms with Gasteiger partial charge in [-0.05, 0) is 79.2 Å². The normalized spacial score (nSPS) is 15.6. The van der Waals surface area contributed by atoms with Crippen molar-refractivity contribution in [2.24, 2.45) is 0 Å². The predicted molar refractivity (Wildman–Crippen MR) is 144 cm³/mol. The highest BCUT2D eigenvalue weighted by Crippen LogP contribution is 2.29. The van der Waals surface area contributed by atoms with Gasteiger partial charge < -0.3 is 10.2 Å². The van der Waals surface area contributed by atoms with Crippen LogP contribution in [0.5, 0.6) is 0 Å². The topological polar surface area (TPSA) is 52.7 Å². The van der Waals surface area contributed by atoms with Gasteiger partial charge in [-0.25, -0.2) is 0 Å². The molecule has 1 N–H and O–H groups in total. The molecule has 0 aromatic heterocycles. The molecule has 0 saturated carbocycles. The zero-order chi connectivity index (χ0) is 24.1. The van der Waals surface area contributed by atoms with Gasteiger partial charge in [0.05, 0.1) is 12.1 Å². The summed E-state index contributed by atoms with van der Waals surface area (Å²) in [4.78, 5) is 29.7. The van der Waals surface area contributed by atoms with E-state index in [1.807, 2.05) is 35.2 Å². The van der Waals surface area contributed by atoms with Gasteiger partial charge in [-0.2, -0.15) is 0 Å². The van der Waals surface area contributed by atoms with Gasteiger partial charge in [0.15, 0.2) is 5.11 Å². The Morgan fingerprint density at radius 2 is 1.68 bits per heavy atom. The Bertz CT molecular complexity index is 1170. The third kappa shape index (κ3) is 5.84. The third-order valence-electron chi connectivity index (χ3n) is 5.62. The van der Waals surface area contributed by atoms with E-state index in [9.17, 15) is 9.59 Å². The van der Waals surface area contributed by atoms with Crippen molar-refractivity contribution in [1.82, 2.24) is 4.90 Å². The molecule has 1 unspecified atom stereocenters. The highest BCUT2D eigenvalue weighted by Gasteiger charge is 2.43. The molecule has 2 amide bonds. The van der Waals surface area contributed by atoms with Crippen LogP contribution in [0.1, 0.15) is 18.4 Å². The van der Waals surface area contributed by atoms with Gasteiger partial charge in [-0.15, -0.1) is 0 Å². The van der Waals surface area contributed by atoms with E-state index in [1.165, 1.54) is 10.5 Å². The highest BCUT2D eigenvalue weighted by atomic mass is 79.9. The van der Waals surface area contributed by atoms with Crippen LogP contribution in [-0.2, 0) is 16.0 Å². The van der Waals surface area contributed by atoms with E-state index in [0.29, 0.717) is 28.1 Å². The standard InChI is InChI=1S/C26H23BrClN3O2S/c27-19-8-12-21(13-9-19)29-24(32)17-23-25(33)31(22-14-10-20(28)11-15-22)26(34)30(23)16-4-7-18-5-2-1-3-6-18/h1-3,5-6,8-15,23H,4,7,16-17H2,(H,29,32). The second-order valence-corrected chi connectivity index (χ2v) is 9.71. The van der Waals surface area contributed by atoms with E-state index >= 15 is 0 Å². The quantitative estimate of drug-likeness (QED) is 0.342. The lowest BCUT2D eigenvalue weighted by atomic mass is 10.1. The maximum absolute atomic E-state index is 13.5. The monoisotopic (exact) mass is 555 g/mol. The van der Waals surface area contributed by atoms with Crippen molar-refractivity contribution in [2.45, 2.75) is 25.3 Å². The number of thiocarbonyl (C=S) groups is 1. The molecular weight excluding hydrogens is 534 g/mol. The van der Waals surface area contributed by atoms with Crippen molar-refractivity contribution < 1.29 is 9.59 Å². The first-order chi connectivity index (χ1) is 16.4. The number of amides is 2. The summed E-state index contributed by atoms with van der Waals surface area (Å²) < 4.78 is 0.921. The van der Waals surface area contributed by atoms with Crippen LogP contribution in [0.15, 0.2) is 83.3 Å². The molecule has 0 spiro atoms. The van der Waals surface area contributed by atoms with Gasteiger partial charge >= 0.3 is 0 Å². The van der Waals surface area contributed by atoms with Gasteiger partial charge in [-0.3, -0.25) is 14.5 Å². The molecular formula is C26H23BrClN3O2S. The number of aryl methyl sites for hydroxylation is 1. The van der Waals surface area contributed by atoms with Gasteiger partial charge in [0.2, 0.25) is 5.91 Å². The van der Waals surface area contributed by atoms with Crippen LogP contribution in [0.3, 0.4) is 0 Å². The number of rotatable bonds is 8. The van der Waals surface area contributed by atoms with Crippen molar-refractivity contribution >= 4 is 68.1 Å². The van der Waals surface area contributed by atoms with Gasteiger partial charge in [0, 0.05) is 21.7 Å². The fourth-order valence-electron chi connectivity index (χ4n) is 3.93. The average Bonchev–Trinajstić information content (AvgIpc) is 3.06. The van der Waals surface area contributed by atoms with Crippen LogP contribution < -0.4 is 10.2 Å². The van der Waals surface area contributed by atoms with Crippen molar-refractivity contribution in [2.75, 3.05) is 16.8 Å². The lowest BCUT2D eigenvalue weighted by molar-refractivity contribution is -0.124. The maximum Gasteiger partial charge on any atom is 0.256 e. The van der Waals surface area contributed by atoms with Crippen LogP contribution in [-0.4, -0.2) is 34.4 Å². The molecule has 3 aromatic carbocycles. The molecule has 8 heteroatoms. The van der Waals surface area contributed by atoms with Crippen LogP contribution in [0.4, 0.5) is 11.4 Å². The summed E-state index contributed by atoms with van der Waals surface area (Å²) >= 11 is 15.1. The molecule has 34 heavy (non-hydrogen) atoms. The number of carbonyl (C=O) groups is 2. The number of nitrogens with one attached hydrogen (secondary N) is 1. The van der Waals surface area contributed by atoms with Gasteiger partial charge in [-0.1, -0.05) is 57.9 Å². The summed E-state index contributed by atoms with van der Waals surface area (Å²) in [6.45, 7) is 0.569. The molecule has 0 radical (unpaired) electrons. The van der Waals surface area contributed by atoms with Crippen molar-refractivity contribution in [3.63, 3.8) is 0 Å². The van der Waals surface area contributed by atoms with Crippen LogP contribution in [0.2, 0.25) is 5.02 Å². The SMILES string of the molecule is O=C(CC1C(=O)N(c2ccc(Cl)cc2)C(=S)N1CCCc1ccccc1)Nc1ccc(Br)cc1. The number of hydrogen-bond acceptors (Lipinski definition) is 3. The molecule has 4 rings (SSSR count). The number of halogens is 2. The predicted octanol–water partition coefficient (Wildman–Crippen LogP) is 6.07. The summed E-state index contributed by atoms with van der Waals surface area (Å²) in [6.07, 6.45) is 1.66. The minimum absolute atomic E-state index is 0.00443. The van der Waals surface area contributed by atoms with Crippen molar-refractivity contribution in [1.29, 1.82) is 0 Å². The largest absolute Gasteiger partial charge is 0.336 e. The second-order valence-electron chi connectivity index (χ2n) is 7.99. The number of hydrogen-bond donors (Lipinski definition) is 1. The van der Waals surface area contributed by atoms with Crippen LogP contribution in [0, 0.1) is 0 Å². The zero-order valence-corrected chi connectivity index (χ0v) is 21.4. The van der Waals surface area contributed by atoms with E-state index in [1.54, 1.807) is 36.4 Å². The summed E-state index contributed by atoms with van der Waals surface area (Å²) in [5.74, 6) is -0.451. The molecule has 174 valence electrons. The Morgan fingerprint density at radius 1 is 1.00 bits per heavy atom. The fourth-order valence-corrected chi connectivity index (χ4v) is 4.74. The van der Waals surface area contributed by atoms with Gasteiger partial charge in [0.1, 0.15) is 6.04 Å². The van der Waals surface area contributed by atoms with E-state index in [2.05, 4.69) is 33.4 Å². The van der Waals surface area contributed by atoms with Crippen LogP contribution in [0.25, 0.3) is 0 Å². The fraction of sp³-hybridized carbons (Fsp3) is 0.192. The van der Waals surface area contributed by atoms with E-state index in [-0.39, 0.29) is 18.2 Å². The van der Waals surface area contributed by atoms with Crippen molar-refractivity contribution in [3.8, 4) is 0 Å². The number of benzene rings is 3. The zero-order valence-electron chi connectivity index (χ0n) is 18.3. The number of anilines is 2. The third-order valence-corrected chi connectivity index (χ3v) is 6.82. The molecule has 1 fully saturated rings. The molecule has 0 aliphatic carbocycles. The Balaban J connectivity index is 1.51. The minimum atomic E-state index is -0.672. The number of carbonyl (C=O) groups excluding carboxylic acids is 2. The molecule has 0 bridgehead atoms. The molecule has 1 heterocycles. The molecule has 1 aliphatic heterocycles. The number of nitrogens with zero attached hydrogens (tertiary/aromatic N) is 2. The molecule has 3 aromatic rings. The Kier molecular flexibility index (Phi) is 7.98. The lowest BCUT2D eigenvalue weighted by Gasteiger charge is -2.24. The summed E-state index contributed by atoms with van der Waals surface area (Å²) in [5, 5.41) is 3.86. The first-order valence-corrected chi connectivity index (χ1v) is 12.5. The maximum atomic E-state index is 13.5. The van der Waals surface area contributed by atoms with E-state index in [0.717, 1.165) is 17.3 Å². The molecule has 1 aliphatic rings. The molecule has 1 atom stereocenters. The Labute approximate surface area is 217 Å². The Hall–Kier alpha value is -2.74. The van der Waals surface area contributed by atoms with Crippen molar-refractivity contribution in [3.05, 3.63) is 93.9 Å². The summed E-state index contributed by atoms with van der Waals surface area (Å²) in [7, 11) is 0. The van der Waals surface area contributed by atoms with E-state index in [4.69, 9.17) is 23.8 Å². The Morgan fingerprint density at radius 3 is 2.35 bits per heavy atom. The first kappa shape index (κ1) is 24.4. The summed E-state index contributed by atoms with van der Waals surface area (Å²) in [6, 6.07) is 23.8.